The zero-order chi connectivity index (χ0) is 20.3. The Morgan fingerprint density at radius 1 is 0.964 bits per heavy atom. The second kappa shape index (κ2) is 7.99. The second-order valence-corrected chi connectivity index (χ2v) is 6.36. The first-order valence-corrected chi connectivity index (χ1v) is 8.64. The van der Waals surface area contributed by atoms with Gasteiger partial charge in [-0.15, -0.1) is 0 Å². The van der Waals surface area contributed by atoms with Crippen molar-refractivity contribution in [3.05, 3.63) is 47.5 Å². The number of anilines is 2. The number of hydrogen-bond acceptors (Lipinski definition) is 5. The van der Waals surface area contributed by atoms with Crippen molar-refractivity contribution in [2.24, 2.45) is 5.92 Å². The first-order chi connectivity index (χ1) is 13.4. The molecule has 1 aliphatic carbocycles. The third kappa shape index (κ3) is 4.22. The lowest BCUT2D eigenvalue weighted by Crippen LogP contribution is -2.15. The molecule has 146 valence electrons. The van der Waals surface area contributed by atoms with Crippen LogP contribution in [0.15, 0.2) is 36.4 Å². The minimum absolute atomic E-state index is 0.0143. The summed E-state index contributed by atoms with van der Waals surface area (Å²) in [6.45, 7) is 0. The Bertz CT molecular complexity index is 919. The zero-order valence-electron chi connectivity index (χ0n) is 15.4. The van der Waals surface area contributed by atoms with Gasteiger partial charge in [-0.05, 0) is 49.2 Å². The number of methoxy groups -OCH3 is 2. The maximum atomic E-state index is 12.6. The fourth-order valence-electron chi connectivity index (χ4n) is 2.67. The first-order valence-electron chi connectivity index (χ1n) is 8.64. The van der Waals surface area contributed by atoms with E-state index < -0.39 is 11.9 Å². The molecule has 1 aliphatic rings. The van der Waals surface area contributed by atoms with Crippen molar-refractivity contribution in [2.75, 3.05) is 24.9 Å². The first kappa shape index (κ1) is 19.2. The van der Waals surface area contributed by atoms with E-state index in [4.69, 9.17) is 9.47 Å². The molecule has 28 heavy (non-hydrogen) atoms. The normalized spacial score (nSPS) is 12.8. The lowest BCUT2D eigenvalue weighted by molar-refractivity contribution is -0.117. The highest BCUT2D eigenvalue weighted by Gasteiger charge is 2.29. The maximum Gasteiger partial charge on any atom is 0.335 e. The van der Waals surface area contributed by atoms with Crippen molar-refractivity contribution in [1.29, 1.82) is 0 Å². The molecule has 2 amide bonds. The summed E-state index contributed by atoms with van der Waals surface area (Å²) in [6, 6.07) is 9.03. The molecule has 1 saturated carbocycles. The predicted molar refractivity (Wildman–Crippen MR) is 102 cm³/mol. The van der Waals surface area contributed by atoms with E-state index in [2.05, 4.69) is 10.6 Å². The van der Waals surface area contributed by atoms with Crippen LogP contribution in [0.5, 0.6) is 11.5 Å². The Kier molecular flexibility index (Phi) is 5.49. The number of carboxylic acids is 1. The number of nitrogens with one attached hydrogen (secondary N) is 2. The van der Waals surface area contributed by atoms with E-state index in [-0.39, 0.29) is 34.6 Å². The number of ether oxygens (including phenoxy) is 2. The summed E-state index contributed by atoms with van der Waals surface area (Å²) in [5, 5.41) is 14.7. The van der Waals surface area contributed by atoms with Crippen LogP contribution in [0.4, 0.5) is 11.4 Å². The molecule has 0 spiro atoms. The standard InChI is InChI=1S/C20H20N2O6/c1-27-16-10-13(20(25)26)9-15(17(16)28-2)22-19(24)12-5-7-14(8-6-12)21-18(23)11-3-4-11/h5-11H,3-4H2,1-2H3,(H,21,23)(H,22,24)(H,25,26). The molecule has 0 unspecified atom stereocenters. The average molecular weight is 384 g/mol. The van der Waals surface area contributed by atoms with Gasteiger partial charge >= 0.3 is 5.97 Å². The lowest BCUT2D eigenvalue weighted by atomic mass is 10.1. The number of carbonyl (C=O) groups is 3. The van der Waals surface area contributed by atoms with Gasteiger partial charge in [-0.3, -0.25) is 9.59 Å². The Morgan fingerprint density at radius 2 is 1.64 bits per heavy atom. The highest BCUT2D eigenvalue weighted by atomic mass is 16.5. The van der Waals surface area contributed by atoms with E-state index in [1.165, 1.54) is 26.4 Å². The Labute approximate surface area is 161 Å². The van der Waals surface area contributed by atoms with Gasteiger partial charge in [0, 0.05) is 17.2 Å². The third-order valence-electron chi connectivity index (χ3n) is 4.34. The molecule has 3 rings (SSSR count). The van der Waals surface area contributed by atoms with E-state index >= 15 is 0 Å². The zero-order valence-corrected chi connectivity index (χ0v) is 15.4. The van der Waals surface area contributed by atoms with Crippen LogP contribution in [0.3, 0.4) is 0 Å². The van der Waals surface area contributed by atoms with Crippen LogP contribution in [0, 0.1) is 5.92 Å². The van der Waals surface area contributed by atoms with E-state index in [0.29, 0.717) is 11.3 Å². The summed E-state index contributed by atoms with van der Waals surface area (Å²) < 4.78 is 10.4. The van der Waals surface area contributed by atoms with Crippen molar-refractivity contribution in [3.63, 3.8) is 0 Å². The van der Waals surface area contributed by atoms with Gasteiger partial charge in [0.1, 0.15) is 0 Å². The molecule has 0 saturated heterocycles. The number of carbonyl (C=O) groups excluding carboxylic acids is 2. The molecular weight excluding hydrogens is 364 g/mol. The molecule has 8 nitrogen and oxygen atoms in total. The summed E-state index contributed by atoms with van der Waals surface area (Å²) in [6.07, 6.45) is 1.82. The van der Waals surface area contributed by atoms with Gasteiger partial charge in [0.05, 0.1) is 25.5 Å². The van der Waals surface area contributed by atoms with E-state index in [0.717, 1.165) is 12.8 Å². The van der Waals surface area contributed by atoms with Gasteiger partial charge in [-0.2, -0.15) is 0 Å². The number of rotatable bonds is 7. The monoisotopic (exact) mass is 384 g/mol. The molecule has 3 N–H and O–H groups in total. The molecule has 2 aromatic carbocycles. The van der Waals surface area contributed by atoms with E-state index in [1.807, 2.05) is 0 Å². The summed E-state index contributed by atoms with van der Waals surface area (Å²) >= 11 is 0. The number of benzene rings is 2. The summed E-state index contributed by atoms with van der Waals surface area (Å²) in [5.41, 5.74) is 1.08. The quantitative estimate of drug-likeness (QED) is 0.676. The number of amides is 2. The van der Waals surface area contributed by atoms with Crippen molar-refractivity contribution in [1.82, 2.24) is 0 Å². The molecule has 0 atom stereocenters. The molecule has 8 heteroatoms. The van der Waals surface area contributed by atoms with Gasteiger partial charge in [-0.25, -0.2) is 4.79 Å². The second-order valence-electron chi connectivity index (χ2n) is 6.36. The predicted octanol–water partition coefficient (Wildman–Crippen LogP) is 3.00. The number of carboxylic acid groups (broad SMARTS) is 1. The molecular formula is C20H20N2O6. The van der Waals surface area contributed by atoms with Gasteiger partial charge in [0.25, 0.3) is 5.91 Å². The smallest absolute Gasteiger partial charge is 0.335 e. The van der Waals surface area contributed by atoms with Gasteiger partial charge in [-0.1, -0.05) is 0 Å². The summed E-state index contributed by atoms with van der Waals surface area (Å²) in [5.74, 6) is -1.13. The number of hydrogen-bond donors (Lipinski definition) is 3. The number of aromatic carboxylic acids is 1. The van der Waals surface area contributed by atoms with Crippen LogP contribution in [-0.2, 0) is 4.79 Å². The molecule has 0 aromatic heterocycles. The van der Waals surface area contributed by atoms with Crippen LogP contribution in [-0.4, -0.2) is 37.1 Å². The highest BCUT2D eigenvalue weighted by Crippen LogP contribution is 2.37. The fourth-order valence-corrected chi connectivity index (χ4v) is 2.67. The Balaban J connectivity index is 1.79. The van der Waals surface area contributed by atoms with Crippen molar-refractivity contribution in [2.45, 2.75) is 12.8 Å². The minimum atomic E-state index is -1.16. The molecule has 1 fully saturated rings. The van der Waals surface area contributed by atoms with E-state index in [1.54, 1.807) is 24.3 Å². The molecule has 0 heterocycles. The summed E-state index contributed by atoms with van der Waals surface area (Å²) in [4.78, 5) is 35.7. The van der Waals surface area contributed by atoms with Crippen LogP contribution in [0.2, 0.25) is 0 Å². The van der Waals surface area contributed by atoms with Crippen LogP contribution < -0.4 is 20.1 Å². The lowest BCUT2D eigenvalue weighted by Gasteiger charge is -2.15. The molecule has 0 radical (unpaired) electrons. The maximum absolute atomic E-state index is 12.6. The Hall–Kier alpha value is -3.55. The van der Waals surface area contributed by atoms with Crippen molar-refractivity contribution in [3.8, 4) is 11.5 Å². The SMILES string of the molecule is COc1cc(C(=O)O)cc(NC(=O)c2ccc(NC(=O)C3CC3)cc2)c1OC. The van der Waals surface area contributed by atoms with Crippen LogP contribution >= 0.6 is 0 Å². The van der Waals surface area contributed by atoms with Crippen LogP contribution in [0.1, 0.15) is 33.6 Å². The topological polar surface area (TPSA) is 114 Å². The molecule has 2 aromatic rings. The largest absolute Gasteiger partial charge is 0.493 e. The van der Waals surface area contributed by atoms with Gasteiger partial charge < -0.3 is 25.2 Å². The van der Waals surface area contributed by atoms with Crippen molar-refractivity contribution >= 4 is 29.2 Å². The van der Waals surface area contributed by atoms with Gasteiger partial charge in [0.15, 0.2) is 11.5 Å². The molecule has 0 bridgehead atoms. The summed E-state index contributed by atoms with van der Waals surface area (Å²) in [7, 11) is 2.77. The average Bonchev–Trinajstić information content (AvgIpc) is 3.53. The minimum Gasteiger partial charge on any atom is -0.493 e. The van der Waals surface area contributed by atoms with Crippen LogP contribution in [0.25, 0.3) is 0 Å². The van der Waals surface area contributed by atoms with Gasteiger partial charge in [0.2, 0.25) is 5.91 Å². The molecule has 0 aliphatic heterocycles. The Morgan fingerprint density at radius 3 is 2.18 bits per heavy atom. The van der Waals surface area contributed by atoms with E-state index in [9.17, 15) is 19.5 Å². The van der Waals surface area contributed by atoms with Crippen molar-refractivity contribution < 1.29 is 29.0 Å². The highest BCUT2D eigenvalue weighted by molar-refractivity contribution is 6.06. The third-order valence-corrected chi connectivity index (χ3v) is 4.34. The fraction of sp³-hybridized carbons (Fsp3) is 0.250.